The third-order valence-electron chi connectivity index (χ3n) is 10.6. The zero-order valence-corrected chi connectivity index (χ0v) is 31.5. The Kier molecular flexibility index (Phi) is 4.71. The lowest BCUT2D eigenvalue weighted by atomic mass is 9.93. The molecule has 0 saturated heterocycles. The second-order valence-electron chi connectivity index (χ2n) is 14.0. The predicted molar refractivity (Wildman–Crippen MR) is 254 cm³/mol. The van der Waals surface area contributed by atoms with Crippen LogP contribution in [0.25, 0.3) is 116 Å². The minimum absolute atomic E-state index is 0.00922. The molecule has 0 fully saturated rings. The molecule has 0 aliphatic rings. The molecular formula is C57H36N4. The van der Waals surface area contributed by atoms with Crippen molar-refractivity contribution in [3.63, 3.8) is 0 Å². The molecule has 0 unspecified atom stereocenters. The van der Waals surface area contributed by atoms with Crippen LogP contribution in [-0.2, 0) is 0 Å². The maximum absolute atomic E-state index is 9.74. The van der Waals surface area contributed by atoms with Gasteiger partial charge in [0.15, 0.2) is 17.5 Å². The lowest BCUT2D eigenvalue weighted by Gasteiger charge is -2.14. The van der Waals surface area contributed by atoms with E-state index in [1.807, 2.05) is 60.7 Å². The normalized spacial score (nSPS) is 16.2. The first kappa shape index (κ1) is 20.2. The average molecular weight is 797 g/mol. The van der Waals surface area contributed by atoms with Gasteiger partial charge in [-0.05, 0) is 103 Å². The fraction of sp³-hybridized carbons (Fsp3) is 0. The van der Waals surface area contributed by atoms with E-state index in [0.717, 1.165) is 36.9 Å². The van der Waals surface area contributed by atoms with Gasteiger partial charge in [-0.25, -0.2) is 15.0 Å². The van der Waals surface area contributed by atoms with Crippen LogP contribution in [0.4, 0.5) is 0 Å². The number of para-hydroxylation sites is 1. The van der Waals surface area contributed by atoms with Crippen molar-refractivity contribution in [1.82, 2.24) is 19.5 Å². The molecule has 0 bridgehead atoms. The van der Waals surface area contributed by atoms with Crippen LogP contribution in [0.15, 0.2) is 218 Å². The molecule has 61 heavy (non-hydrogen) atoms. The van der Waals surface area contributed by atoms with E-state index in [1.165, 1.54) is 0 Å². The molecule has 0 N–H and O–H groups in total. The van der Waals surface area contributed by atoms with Gasteiger partial charge in [0.25, 0.3) is 0 Å². The van der Waals surface area contributed by atoms with Crippen LogP contribution in [0.2, 0.25) is 0 Å². The molecule has 0 atom stereocenters. The summed E-state index contributed by atoms with van der Waals surface area (Å²) >= 11 is 0. The van der Waals surface area contributed by atoms with E-state index >= 15 is 0 Å². The van der Waals surface area contributed by atoms with Gasteiger partial charge in [-0.2, -0.15) is 0 Å². The summed E-state index contributed by atoms with van der Waals surface area (Å²) in [6, 6.07) is 14.2. The Labute approximate surface area is 380 Å². The zero-order valence-electron chi connectivity index (χ0n) is 51.5. The molecule has 2 heterocycles. The van der Waals surface area contributed by atoms with Gasteiger partial charge in [-0.1, -0.05) is 170 Å². The molecule has 12 aromatic rings. The Hall–Kier alpha value is -8.21. The second kappa shape index (κ2) is 14.3. The van der Waals surface area contributed by atoms with Crippen LogP contribution in [0.3, 0.4) is 0 Å². The van der Waals surface area contributed by atoms with Crippen LogP contribution in [0.5, 0.6) is 0 Å². The van der Waals surface area contributed by atoms with E-state index in [4.69, 9.17) is 30.0 Å². The summed E-state index contributed by atoms with van der Waals surface area (Å²) in [4.78, 5) is 14.4. The zero-order chi connectivity index (χ0) is 57.7. The number of fused-ring (bicyclic) bond motifs is 9. The van der Waals surface area contributed by atoms with Crippen LogP contribution in [-0.4, -0.2) is 19.5 Å². The highest BCUT2D eigenvalue weighted by molar-refractivity contribution is 6.25. The number of nitrogens with zero attached hydrogens (tertiary/aromatic N) is 4. The molecule has 2 aromatic heterocycles. The predicted octanol–water partition coefficient (Wildman–Crippen LogP) is 14.8. The number of aromatic nitrogens is 4. The minimum atomic E-state index is -0.886. The van der Waals surface area contributed by atoms with E-state index < -0.39 is 171 Å². The molecule has 284 valence electrons. The van der Waals surface area contributed by atoms with Crippen molar-refractivity contribution in [1.29, 1.82) is 0 Å². The van der Waals surface area contributed by atoms with Crippen molar-refractivity contribution in [2.75, 3.05) is 0 Å². The Balaban J connectivity index is 1.18. The van der Waals surface area contributed by atoms with Crippen molar-refractivity contribution in [2.45, 2.75) is 0 Å². The molecule has 0 spiro atoms. The number of hydrogen-bond donors (Lipinski definition) is 0. The fourth-order valence-corrected chi connectivity index (χ4v) is 7.84. The van der Waals surface area contributed by atoms with Crippen molar-refractivity contribution >= 4 is 54.1 Å². The third kappa shape index (κ3) is 5.88. The molecule has 0 aliphatic carbocycles. The minimum Gasteiger partial charge on any atom is -0.309 e. The van der Waals surface area contributed by atoms with Gasteiger partial charge in [-0.15, -0.1) is 0 Å². The van der Waals surface area contributed by atoms with Crippen LogP contribution in [0, 0.1) is 0 Å². The highest BCUT2D eigenvalue weighted by Gasteiger charge is 2.18. The summed E-state index contributed by atoms with van der Waals surface area (Å²) in [6.45, 7) is 0. The largest absolute Gasteiger partial charge is 0.309 e. The molecule has 0 radical (unpaired) electrons. The van der Waals surface area contributed by atoms with Gasteiger partial charge < -0.3 is 4.57 Å². The molecule has 10 aromatic carbocycles. The van der Waals surface area contributed by atoms with Crippen molar-refractivity contribution in [3.05, 3.63) is 218 Å². The third-order valence-corrected chi connectivity index (χ3v) is 10.6. The lowest BCUT2D eigenvalue weighted by molar-refractivity contribution is 1.07. The first-order valence-corrected chi connectivity index (χ1v) is 19.1. The first-order valence-electron chi connectivity index (χ1n) is 29.1. The molecule has 4 nitrogen and oxygen atoms in total. The molecular weight excluding hydrogens is 741 g/mol. The van der Waals surface area contributed by atoms with Gasteiger partial charge >= 0.3 is 0 Å². The molecule has 0 saturated carbocycles. The molecule has 0 aliphatic heterocycles. The van der Waals surface area contributed by atoms with E-state index in [2.05, 4.69) is 0 Å². The van der Waals surface area contributed by atoms with Crippen LogP contribution >= 0.6 is 0 Å². The SMILES string of the molecule is [2H]c1c([2H])c([2H])c(-c2c([2H])c([2H])c3c(c2[2H])c2c([2H])c([2H])c([2H])c([2H])c2n3-c2c([2H])c([2H])c(-c3nc(-c4ccc5c6ccccc6c6ccccc6c5c4)nc(-c4c([2H])c([2H])c([2H])c([2H])c4-c4ccccc4)n3)c([2H])c2[2H])c([2H])c1[2H]. The number of hydrogen-bond acceptors (Lipinski definition) is 3. The summed E-state index contributed by atoms with van der Waals surface area (Å²) in [5.41, 5.74) is -3.04. The molecule has 0 amide bonds. The van der Waals surface area contributed by atoms with Gasteiger partial charge in [-0.3, -0.25) is 0 Å². The van der Waals surface area contributed by atoms with E-state index in [1.54, 1.807) is 36.4 Å². The maximum Gasteiger partial charge on any atom is 0.164 e. The molecule has 4 heteroatoms. The van der Waals surface area contributed by atoms with E-state index in [-0.39, 0.29) is 22.8 Å². The Morgan fingerprint density at radius 2 is 0.885 bits per heavy atom. The van der Waals surface area contributed by atoms with Crippen molar-refractivity contribution in [3.8, 4) is 62.1 Å². The first-order chi connectivity index (χ1) is 38.6. The smallest absolute Gasteiger partial charge is 0.164 e. The summed E-state index contributed by atoms with van der Waals surface area (Å²) in [5.74, 6) is -0.910. The summed E-state index contributed by atoms with van der Waals surface area (Å²) < 4.78 is 182. The highest BCUT2D eigenvalue weighted by Crippen LogP contribution is 2.39. The quantitative estimate of drug-likeness (QED) is 0.157. The average Bonchev–Trinajstić information content (AvgIpc) is 3.68. The fourth-order valence-electron chi connectivity index (χ4n) is 7.84. The molecule has 12 rings (SSSR count). The monoisotopic (exact) mass is 796 g/mol. The second-order valence-corrected chi connectivity index (χ2v) is 14.0. The number of benzene rings is 10. The summed E-state index contributed by atoms with van der Waals surface area (Å²) in [6.07, 6.45) is 0. The lowest BCUT2D eigenvalue weighted by Crippen LogP contribution is -2.01. The van der Waals surface area contributed by atoms with E-state index in [0.29, 0.717) is 11.1 Å². The van der Waals surface area contributed by atoms with Gasteiger partial charge in [0.2, 0.25) is 0 Å². The Morgan fingerprint density at radius 3 is 1.62 bits per heavy atom. The Morgan fingerprint density at radius 1 is 0.328 bits per heavy atom. The van der Waals surface area contributed by atoms with Gasteiger partial charge in [0, 0.05) is 33.2 Å². The van der Waals surface area contributed by atoms with Gasteiger partial charge in [0.1, 0.15) is 0 Å². The summed E-state index contributed by atoms with van der Waals surface area (Å²) in [5, 5.41) is 4.52. The maximum atomic E-state index is 9.74. The van der Waals surface area contributed by atoms with E-state index in [9.17, 15) is 12.3 Å². The topological polar surface area (TPSA) is 43.6 Å². The number of rotatable bonds is 6. The highest BCUT2D eigenvalue weighted by atomic mass is 15.0. The van der Waals surface area contributed by atoms with Crippen LogP contribution in [0.1, 0.15) is 27.4 Å². The Bertz CT molecular complexity index is 4740. The summed E-state index contributed by atoms with van der Waals surface area (Å²) in [7, 11) is 0. The van der Waals surface area contributed by atoms with Crippen LogP contribution < -0.4 is 0 Å². The standard InChI is InChI=1S/C57H36N4/c1-3-15-37(16-4-1)40-30-34-54-52(35-40)49-24-13-14-26-53(49)61(54)42-31-27-39(28-32-42)55-58-56(60-57(59-55)50-25-12-7-19-43(50)38-17-5-2-6-18-38)41-29-33-48-46-22-9-8-20-44(46)45-21-10-11-23-47(45)51(48)36-41/h1-36H/i1D,3D,4D,7D,12D,13D,14D,15D,16D,19D,24D,25D,26D,27D,28D,30D,31D,32D,34D,35D. The van der Waals surface area contributed by atoms with Crippen molar-refractivity contribution in [2.24, 2.45) is 0 Å². The van der Waals surface area contributed by atoms with Gasteiger partial charge in [0.05, 0.1) is 38.4 Å². The van der Waals surface area contributed by atoms with Crippen molar-refractivity contribution < 1.29 is 27.4 Å².